The number of piperazine rings is 1. The molecular formula is C22H29Cl2N3O3. The molecule has 2 aliphatic rings. The molecule has 30 heavy (non-hydrogen) atoms. The van der Waals surface area contributed by atoms with Crippen molar-refractivity contribution in [2.45, 2.75) is 38.3 Å². The molecule has 6 nitrogen and oxygen atoms in total. The van der Waals surface area contributed by atoms with Gasteiger partial charge in [-0.1, -0.05) is 29.3 Å². The summed E-state index contributed by atoms with van der Waals surface area (Å²) in [6.45, 7) is 6.31. The molecule has 0 aromatic heterocycles. The summed E-state index contributed by atoms with van der Waals surface area (Å²) in [5.41, 5.74) is 0.778. The molecule has 0 radical (unpaired) electrons. The first-order valence-corrected chi connectivity index (χ1v) is 11.2. The summed E-state index contributed by atoms with van der Waals surface area (Å²) in [7, 11) is 0. The van der Waals surface area contributed by atoms with Gasteiger partial charge in [0.15, 0.2) is 0 Å². The lowest BCUT2D eigenvalue weighted by Gasteiger charge is -2.39. The Kier molecular flexibility index (Phi) is 8.17. The van der Waals surface area contributed by atoms with Crippen molar-refractivity contribution in [3.8, 4) is 0 Å². The Morgan fingerprint density at radius 1 is 1.13 bits per heavy atom. The van der Waals surface area contributed by atoms with Gasteiger partial charge in [-0.15, -0.1) is 0 Å². The van der Waals surface area contributed by atoms with Crippen LogP contribution in [0.2, 0.25) is 10.0 Å². The summed E-state index contributed by atoms with van der Waals surface area (Å²) in [4.78, 5) is 31.2. The smallest absolute Gasteiger partial charge is 0.247 e. The Morgan fingerprint density at radius 2 is 1.87 bits per heavy atom. The third-order valence-electron chi connectivity index (χ3n) is 5.85. The number of rotatable bonds is 6. The van der Waals surface area contributed by atoms with E-state index in [9.17, 15) is 14.7 Å². The Balaban J connectivity index is 1.47. The highest BCUT2D eigenvalue weighted by Crippen LogP contribution is 2.23. The number of aliphatic hydroxyl groups is 1. The van der Waals surface area contributed by atoms with Crippen molar-refractivity contribution >= 4 is 41.1 Å². The predicted octanol–water partition coefficient (Wildman–Crippen LogP) is 2.91. The maximum Gasteiger partial charge on any atom is 0.247 e. The van der Waals surface area contributed by atoms with Gasteiger partial charge < -0.3 is 19.8 Å². The van der Waals surface area contributed by atoms with Gasteiger partial charge in [0.05, 0.1) is 16.1 Å². The van der Waals surface area contributed by atoms with E-state index < -0.39 is 6.04 Å². The number of hydrogen-bond acceptors (Lipinski definition) is 4. The summed E-state index contributed by atoms with van der Waals surface area (Å²) < 4.78 is 0. The third-order valence-corrected chi connectivity index (χ3v) is 6.59. The van der Waals surface area contributed by atoms with Crippen molar-refractivity contribution in [3.63, 3.8) is 0 Å². The molecule has 164 valence electrons. The van der Waals surface area contributed by atoms with E-state index in [4.69, 9.17) is 23.2 Å². The largest absolute Gasteiger partial charge is 0.393 e. The molecule has 1 aromatic carbocycles. The molecule has 2 saturated heterocycles. The van der Waals surface area contributed by atoms with Gasteiger partial charge in [0, 0.05) is 38.8 Å². The molecule has 1 N–H and O–H groups in total. The van der Waals surface area contributed by atoms with Crippen molar-refractivity contribution in [2.75, 3.05) is 39.3 Å². The quantitative estimate of drug-likeness (QED) is 0.672. The van der Waals surface area contributed by atoms with E-state index in [2.05, 4.69) is 4.90 Å². The highest BCUT2D eigenvalue weighted by molar-refractivity contribution is 6.42. The highest BCUT2D eigenvalue weighted by atomic mass is 35.5. The van der Waals surface area contributed by atoms with E-state index in [0.717, 1.165) is 44.5 Å². The summed E-state index contributed by atoms with van der Waals surface area (Å²) >= 11 is 11.9. The van der Waals surface area contributed by atoms with Gasteiger partial charge in [0.25, 0.3) is 0 Å². The Bertz CT molecular complexity index is 794. The molecular weight excluding hydrogens is 425 g/mol. The summed E-state index contributed by atoms with van der Waals surface area (Å²) in [6.07, 6.45) is 5.55. The van der Waals surface area contributed by atoms with E-state index in [-0.39, 0.29) is 17.9 Å². The van der Waals surface area contributed by atoms with Crippen LogP contribution < -0.4 is 0 Å². The molecule has 0 spiro atoms. The summed E-state index contributed by atoms with van der Waals surface area (Å²) in [6, 6.07) is 4.69. The molecule has 1 atom stereocenters. The lowest BCUT2D eigenvalue weighted by Crippen LogP contribution is -2.57. The van der Waals surface area contributed by atoms with Crippen LogP contribution in [0.1, 0.15) is 31.7 Å². The van der Waals surface area contributed by atoms with Gasteiger partial charge in [0.1, 0.15) is 6.04 Å². The van der Waals surface area contributed by atoms with Gasteiger partial charge in [-0.2, -0.15) is 0 Å². The van der Waals surface area contributed by atoms with Crippen molar-refractivity contribution in [2.24, 2.45) is 0 Å². The normalized spacial score (nSPS) is 21.6. The predicted molar refractivity (Wildman–Crippen MR) is 120 cm³/mol. The van der Waals surface area contributed by atoms with E-state index >= 15 is 0 Å². The Hall–Kier alpha value is -1.60. The van der Waals surface area contributed by atoms with Crippen molar-refractivity contribution < 1.29 is 14.7 Å². The number of likely N-dealkylation sites (tertiary alicyclic amines) is 1. The van der Waals surface area contributed by atoms with E-state index in [0.29, 0.717) is 29.7 Å². The number of piperidine rings is 1. The van der Waals surface area contributed by atoms with Crippen LogP contribution in [0.5, 0.6) is 0 Å². The van der Waals surface area contributed by atoms with Crippen LogP contribution >= 0.6 is 23.2 Å². The average molecular weight is 454 g/mol. The SMILES string of the molecule is CC1C(=O)N(CCCN2CCC(O)CC2)CCN1C(=O)/C=C/c1ccc(Cl)c(Cl)c1. The first-order chi connectivity index (χ1) is 14.3. The number of carbonyl (C=O) groups excluding carboxylic acids is 2. The third kappa shape index (κ3) is 5.97. The van der Waals surface area contributed by atoms with Crippen LogP contribution in [0.4, 0.5) is 0 Å². The number of amides is 2. The Labute approximate surface area is 188 Å². The van der Waals surface area contributed by atoms with Crippen molar-refractivity contribution in [3.05, 3.63) is 39.9 Å². The van der Waals surface area contributed by atoms with Gasteiger partial charge in [-0.3, -0.25) is 9.59 Å². The fourth-order valence-corrected chi connectivity index (χ4v) is 4.27. The zero-order valence-corrected chi connectivity index (χ0v) is 18.8. The van der Waals surface area contributed by atoms with Crippen LogP contribution in [-0.2, 0) is 9.59 Å². The number of halogens is 2. The first-order valence-electron chi connectivity index (χ1n) is 10.5. The maximum atomic E-state index is 12.8. The van der Waals surface area contributed by atoms with Crippen LogP contribution in [-0.4, -0.2) is 83.0 Å². The molecule has 0 aliphatic carbocycles. The Morgan fingerprint density at radius 3 is 2.57 bits per heavy atom. The fraction of sp³-hybridized carbons (Fsp3) is 0.545. The zero-order chi connectivity index (χ0) is 21.7. The second-order valence-corrected chi connectivity index (χ2v) is 8.78. The van der Waals surface area contributed by atoms with E-state index in [1.807, 2.05) is 4.90 Å². The zero-order valence-electron chi connectivity index (χ0n) is 17.3. The van der Waals surface area contributed by atoms with Crippen molar-refractivity contribution in [1.29, 1.82) is 0 Å². The summed E-state index contributed by atoms with van der Waals surface area (Å²) in [5.74, 6) is -0.194. The molecule has 2 heterocycles. The van der Waals surface area contributed by atoms with E-state index in [1.165, 1.54) is 6.08 Å². The van der Waals surface area contributed by atoms with Gasteiger partial charge in [0.2, 0.25) is 11.8 Å². The minimum atomic E-state index is -0.477. The lowest BCUT2D eigenvalue weighted by molar-refractivity contribution is -0.148. The number of carbonyl (C=O) groups is 2. The van der Waals surface area contributed by atoms with Gasteiger partial charge >= 0.3 is 0 Å². The molecule has 0 bridgehead atoms. The minimum Gasteiger partial charge on any atom is -0.393 e. The highest BCUT2D eigenvalue weighted by Gasteiger charge is 2.33. The first kappa shape index (κ1) is 23.1. The molecule has 1 unspecified atom stereocenters. The molecule has 2 aliphatic heterocycles. The fourth-order valence-electron chi connectivity index (χ4n) is 3.96. The second kappa shape index (κ2) is 10.6. The van der Waals surface area contributed by atoms with Gasteiger partial charge in [-0.05, 0) is 56.5 Å². The van der Waals surface area contributed by atoms with Crippen LogP contribution in [0.15, 0.2) is 24.3 Å². The monoisotopic (exact) mass is 453 g/mol. The lowest BCUT2D eigenvalue weighted by atomic mass is 10.1. The topological polar surface area (TPSA) is 64.1 Å². The molecule has 3 rings (SSSR count). The van der Waals surface area contributed by atoms with Crippen molar-refractivity contribution in [1.82, 2.24) is 14.7 Å². The second-order valence-electron chi connectivity index (χ2n) is 7.97. The number of benzene rings is 1. The van der Waals surface area contributed by atoms with Crippen LogP contribution in [0, 0.1) is 0 Å². The maximum absolute atomic E-state index is 12.8. The van der Waals surface area contributed by atoms with Crippen LogP contribution in [0.3, 0.4) is 0 Å². The average Bonchev–Trinajstić information content (AvgIpc) is 2.73. The number of hydrogen-bond donors (Lipinski definition) is 1. The molecule has 0 saturated carbocycles. The molecule has 1 aromatic rings. The number of aliphatic hydroxyl groups excluding tert-OH is 1. The van der Waals surface area contributed by atoms with Crippen LogP contribution in [0.25, 0.3) is 6.08 Å². The van der Waals surface area contributed by atoms with E-state index in [1.54, 1.807) is 36.1 Å². The number of nitrogens with zero attached hydrogens (tertiary/aromatic N) is 3. The molecule has 2 fully saturated rings. The van der Waals surface area contributed by atoms with Gasteiger partial charge in [-0.25, -0.2) is 0 Å². The summed E-state index contributed by atoms with van der Waals surface area (Å²) in [5, 5.41) is 10.5. The standard InChI is InChI=1S/C22H29Cl2N3O3/c1-16-22(30)26(10-2-9-25-11-7-18(28)8-12-25)13-14-27(16)21(29)6-4-17-3-5-19(23)20(24)15-17/h3-6,15-16,18,28H,2,7-14H2,1H3/b6-4+. The minimum absolute atomic E-state index is 0.00777. The molecule has 2 amide bonds. The molecule has 8 heteroatoms.